The van der Waals surface area contributed by atoms with Gasteiger partial charge in [0.05, 0.1) is 7.11 Å². The van der Waals surface area contributed by atoms with E-state index in [1.165, 1.54) is 19.9 Å². The van der Waals surface area contributed by atoms with Gasteiger partial charge in [-0.1, -0.05) is 30.3 Å². The molecular formula is C32H38N2O6. The first-order valence-electron chi connectivity index (χ1n) is 13.6. The second-order valence-corrected chi connectivity index (χ2v) is 10.6. The van der Waals surface area contributed by atoms with Gasteiger partial charge in [-0.15, -0.1) is 6.58 Å². The second-order valence-electron chi connectivity index (χ2n) is 10.6. The highest BCUT2D eigenvalue weighted by atomic mass is 16.6. The van der Waals surface area contributed by atoms with E-state index in [0.717, 1.165) is 23.4 Å². The molecule has 0 spiro atoms. The molecule has 0 radical (unpaired) electrons. The van der Waals surface area contributed by atoms with Crippen molar-refractivity contribution < 1.29 is 28.6 Å². The van der Waals surface area contributed by atoms with Crippen molar-refractivity contribution in [3.05, 3.63) is 78.4 Å². The summed E-state index contributed by atoms with van der Waals surface area (Å²) in [5.74, 6) is 0.220. The van der Waals surface area contributed by atoms with Gasteiger partial charge >= 0.3 is 11.9 Å². The fourth-order valence-corrected chi connectivity index (χ4v) is 6.34. The van der Waals surface area contributed by atoms with E-state index in [0.29, 0.717) is 44.5 Å². The number of ether oxygens (including phenoxy) is 3. The first-order chi connectivity index (χ1) is 19.2. The third-order valence-corrected chi connectivity index (χ3v) is 7.94. The third-order valence-electron chi connectivity index (χ3n) is 7.94. The van der Waals surface area contributed by atoms with Crippen molar-refractivity contribution in [1.29, 1.82) is 0 Å². The molecule has 3 atom stereocenters. The number of nitrogens with one attached hydrogen (secondary N) is 1. The molecule has 1 saturated carbocycles. The van der Waals surface area contributed by atoms with Crippen LogP contribution in [0.1, 0.15) is 50.7 Å². The smallest absolute Gasteiger partial charge is 0.308 e. The highest BCUT2D eigenvalue weighted by molar-refractivity contribution is 5.92. The molecule has 2 aromatic carbocycles. The summed E-state index contributed by atoms with van der Waals surface area (Å²) in [6, 6.07) is 14.8. The Kier molecular flexibility index (Phi) is 9.10. The van der Waals surface area contributed by atoms with Gasteiger partial charge in [0.15, 0.2) is 0 Å². The maximum absolute atomic E-state index is 13.0. The standard InChI is InChI=1S/C32H38N2O6/c1-5-17-34-18-16-31(26-9-7-11-29(20-26)39-23(2)35)21-27(14-15-32(31,22-34)40-24(3)36)33-30(37)13-12-25-8-6-10-28(19-25)38-4/h5-13,19-20,27H,1,14-18,21-22H2,2-4H3,(H,33,37)/b13-12+. The van der Waals surface area contributed by atoms with E-state index < -0.39 is 17.0 Å². The van der Waals surface area contributed by atoms with E-state index in [2.05, 4.69) is 16.8 Å². The first kappa shape index (κ1) is 29.1. The fraction of sp³-hybridized carbons (Fsp3) is 0.406. The zero-order chi connectivity index (χ0) is 28.8. The van der Waals surface area contributed by atoms with Crippen molar-refractivity contribution >= 4 is 23.9 Å². The van der Waals surface area contributed by atoms with Crippen LogP contribution in [0.15, 0.2) is 67.3 Å². The highest BCUT2D eigenvalue weighted by Gasteiger charge is 2.60. The first-order valence-corrected chi connectivity index (χ1v) is 13.6. The maximum Gasteiger partial charge on any atom is 0.308 e. The second kappa shape index (κ2) is 12.5. The number of esters is 2. The number of rotatable bonds is 9. The SMILES string of the molecule is C=CCN1CCC2(c3cccc(OC(C)=O)c3)CC(NC(=O)/C=C/c3cccc(OC)c3)CCC2(OC(C)=O)C1. The molecule has 1 amide bonds. The summed E-state index contributed by atoms with van der Waals surface area (Å²) in [6.45, 7) is 8.70. The summed E-state index contributed by atoms with van der Waals surface area (Å²) < 4.78 is 16.9. The van der Waals surface area contributed by atoms with Crippen LogP contribution in [-0.4, -0.2) is 61.1 Å². The zero-order valence-corrected chi connectivity index (χ0v) is 23.5. The van der Waals surface area contributed by atoms with E-state index in [4.69, 9.17) is 14.2 Å². The molecular weight excluding hydrogens is 508 g/mol. The maximum atomic E-state index is 13.0. The predicted molar refractivity (Wildman–Crippen MR) is 153 cm³/mol. The summed E-state index contributed by atoms with van der Waals surface area (Å²) >= 11 is 0. The monoisotopic (exact) mass is 546 g/mol. The lowest BCUT2D eigenvalue weighted by Gasteiger charge is -2.59. The van der Waals surface area contributed by atoms with E-state index >= 15 is 0 Å². The van der Waals surface area contributed by atoms with Crippen LogP contribution in [0.3, 0.4) is 0 Å². The molecule has 8 nitrogen and oxygen atoms in total. The molecule has 212 valence electrons. The van der Waals surface area contributed by atoms with Crippen LogP contribution in [0.25, 0.3) is 6.08 Å². The van der Waals surface area contributed by atoms with E-state index in [1.54, 1.807) is 19.3 Å². The van der Waals surface area contributed by atoms with Crippen molar-refractivity contribution in [1.82, 2.24) is 10.2 Å². The quantitative estimate of drug-likeness (QED) is 0.215. The molecule has 2 aliphatic rings. The molecule has 0 aromatic heterocycles. The van der Waals surface area contributed by atoms with Gasteiger partial charge < -0.3 is 19.5 Å². The predicted octanol–water partition coefficient (Wildman–Crippen LogP) is 4.43. The van der Waals surface area contributed by atoms with Crippen LogP contribution in [-0.2, 0) is 24.5 Å². The van der Waals surface area contributed by atoms with Gasteiger partial charge in [-0.05, 0) is 73.7 Å². The third kappa shape index (κ3) is 6.45. The summed E-state index contributed by atoms with van der Waals surface area (Å²) in [4.78, 5) is 39.5. The van der Waals surface area contributed by atoms with Gasteiger partial charge in [0.25, 0.3) is 0 Å². The van der Waals surface area contributed by atoms with E-state index in [-0.39, 0.29) is 17.9 Å². The molecule has 3 unspecified atom stereocenters. The number of piperidine rings is 1. The van der Waals surface area contributed by atoms with Gasteiger partial charge in [-0.25, -0.2) is 0 Å². The lowest BCUT2D eigenvalue weighted by molar-refractivity contribution is -0.186. The van der Waals surface area contributed by atoms with Gasteiger partial charge in [-0.2, -0.15) is 0 Å². The van der Waals surface area contributed by atoms with Crippen molar-refractivity contribution in [3.8, 4) is 11.5 Å². The fourth-order valence-electron chi connectivity index (χ4n) is 6.34. The molecule has 4 rings (SSSR count). The lowest BCUT2D eigenvalue weighted by Crippen LogP contribution is -2.68. The average molecular weight is 547 g/mol. The number of hydrogen-bond donors (Lipinski definition) is 1. The number of hydrogen-bond acceptors (Lipinski definition) is 7. The molecule has 40 heavy (non-hydrogen) atoms. The largest absolute Gasteiger partial charge is 0.497 e. The van der Waals surface area contributed by atoms with Crippen LogP contribution < -0.4 is 14.8 Å². The molecule has 1 aliphatic carbocycles. The minimum atomic E-state index is -0.813. The highest BCUT2D eigenvalue weighted by Crippen LogP contribution is 2.54. The van der Waals surface area contributed by atoms with Crippen LogP contribution in [0.4, 0.5) is 0 Å². The summed E-state index contributed by atoms with van der Waals surface area (Å²) in [7, 11) is 1.61. The number of carbonyl (C=O) groups is 3. The van der Waals surface area contributed by atoms with Crippen molar-refractivity contribution in [3.63, 3.8) is 0 Å². The molecule has 2 aromatic rings. The molecule has 0 bridgehead atoms. The number of carbonyl (C=O) groups excluding carboxylic acids is 3. The molecule has 1 N–H and O–H groups in total. The number of amides is 1. The van der Waals surface area contributed by atoms with Gasteiger partial charge in [0, 0.05) is 44.5 Å². The number of likely N-dealkylation sites (tertiary alicyclic amines) is 1. The van der Waals surface area contributed by atoms with Crippen LogP contribution in [0, 0.1) is 0 Å². The Hall–Kier alpha value is -3.91. The van der Waals surface area contributed by atoms with Crippen molar-refractivity contribution in [2.45, 2.75) is 56.6 Å². The minimum absolute atomic E-state index is 0.144. The van der Waals surface area contributed by atoms with E-state index in [9.17, 15) is 14.4 Å². The lowest BCUT2D eigenvalue weighted by atomic mass is 9.55. The Morgan fingerprint density at radius 3 is 2.58 bits per heavy atom. The zero-order valence-electron chi connectivity index (χ0n) is 23.5. The number of fused-ring (bicyclic) bond motifs is 1. The Balaban J connectivity index is 1.66. The minimum Gasteiger partial charge on any atom is -0.497 e. The molecule has 2 fully saturated rings. The average Bonchev–Trinajstić information content (AvgIpc) is 2.92. The van der Waals surface area contributed by atoms with Gasteiger partial charge in [-0.3, -0.25) is 19.3 Å². The topological polar surface area (TPSA) is 94.2 Å². The number of nitrogens with zero attached hydrogens (tertiary/aromatic N) is 1. The van der Waals surface area contributed by atoms with Gasteiger partial charge in [0.1, 0.15) is 17.1 Å². The molecule has 8 heteroatoms. The van der Waals surface area contributed by atoms with Crippen LogP contribution in [0.5, 0.6) is 11.5 Å². The van der Waals surface area contributed by atoms with Gasteiger partial charge in [0.2, 0.25) is 5.91 Å². The van der Waals surface area contributed by atoms with Crippen molar-refractivity contribution in [2.75, 3.05) is 26.7 Å². The number of benzene rings is 2. The van der Waals surface area contributed by atoms with Crippen LogP contribution >= 0.6 is 0 Å². The Morgan fingerprint density at radius 1 is 1.07 bits per heavy atom. The molecule has 1 aliphatic heterocycles. The normalized spacial score (nSPS) is 24.5. The van der Waals surface area contributed by atoms with Crippen LogP contribution in [0.2, 0.25) is 0 Å². The molecule has 1 saturated heterocycles. The Bertz CT molecular complexity index is 1290. The summed E-state index contributed by atoms with van der Waals surface area (Å²) in [6.07, 6.45) is 7.64. The Morgan fingerprint density at radius 2 is 1.85 bits per heavy atom. The number of methoxy groups -OCH3 is 1. The molecule has 1 heterocycles. The Labute approximate surface area is 236 Å². The summed E-state index contributed by atoms with van der Waals surface area (Å²) in [5.41, 5.74) is 0.378. The summed E-state index contributed by atoms with van der Waals surface area (Å²) in [5, 5.41) is 3.19. The van der Waals surface area contributed by atoms with Crippen molar-refractivity contribution in [2.24, 2.45) is 0 Å². The van der Waals surface area contributed by atoms with E-state index in [1.807, 2.05) is 48.5 Å².